The van der Waals surface area contributed by atoms with Crippen LogP contribution in [0.15, 0.2) is 60.8 Å². The van der Waals surface area contributed by atoms with Crippen molar-refractivity contribution in [1.82, 2.24) is 0 Å². The maximum absolute atomic E-state index is 12.8. The molecule has 0 amide bonds. The highest BCUT2D eigenvalue weighted by molar-refractivity contribution is 5.70. The first-order chi connectivity index (χ1) is 29.6. The predicted octanol–water partition coefficient (Wildman–Crippen LogP) is 12.8. The molecule has 0 heterocycles. The van der Waals surface area contributed by atoms with Gasteiger partial charge in [0.05, 0.1) is 40.3 Å². The van der Waals surface area contributed by atoms with Crippen molar-refractivity contribution in [3.8, 4) is 0 Å². The zero-order chi connectivity index (χ0) is 44.9. The number of carbonyl (C=O) groups is 3. The van der Waals surface area contributed by atoms with Crippen LogP contribution in [0.3, 0.4) is 0 Å². The zero-order valence-electron chi connectivity index (χ0n) is 40.1. The molecular weight excluding hydrogens is 763 g/mol. The smallest absolute Gasteiger partial charge is 0.306 e. The van der Waals surface area contributed by atoms with Crippen molar-refractivity contribution in [2.75, 3.05) is 41.0 Å². The lowest BCUT2D eigenvalue weighted by Gasteiger charge is -2.34. The van der Waals surface area contributed by atoms with E-state index >= 15 is 0 Å². The monoisotopic (exact) mass is 856 g/mol. The van der Waals surface area contributed by atoms with Crippen LogP contribution in [0.1, 0.15) is 206 Å². The van der Waals surface area contributed by atoms with E-state index in [0.717, 1.165) is 64.2 Å². The van der Waals surface area contributed by atoms with Crippen LogP contribution in [0.5, 0.6) is 0 Å². The van der Waals surface area contributed by atoms with Gasteiger partial charge in [-0.1, -0.05) is 184 Å². The summed E-state index contributed by atoms with van der Waals surface area (Å²) in [5.74, 6) is -1.77. The minimum Gasteiger partial charge on any atom is -0.544 e. The van der Waals surface area contributed by atoms with Gasteiger partial charge in [-0.3, -0.25) is 9.59 Å². The molecule has 61 heavy (non-hydrogen) atoms. The Morgan fingerprint density at radius 2 is 0.885 bits per heavy atom. The third-order valence-electron chi connectivity index (χ3n) is 11.0. The van der Waals surface area contributed by atoms with E-state index in [-0.39, 0.29) is 42.7 Å². The number of carboxylic acids is 1. The third-order valence-corrected chi connectivity index (χ3v) is 11.0. The summed E-state index contributed by atoms with van der Waals surface area (Å²) in [6, 6.07) is -0.733. The molecule has 0 N–H and O–H groups in total. The summed E-state index contributed by atoms with van der Waals surface area (Å²) < 4.78 is 17.2. The number of carbonyl (C=O) groups excluding carboxylic acids is 3. The highest BCUT2D eigenvalue weighted by atomic mass is 16.6. The summed E-state index contributed by atoms with van der Waals surface area (Å²) in [6.45, 7) is 4.60. The second-order valence-electron chi connectivity index (χ2n) is 17.8. The number of unbranched alkanes of at least 4 members (excludes halogenated alkanes) is 23. The molecule has 352 valence electrons. The molecule has 0 aromatic heterocycles. The quantitative estimate of drug-likeness (QED) is 0.0198. The number of rotatable bonds is 44. The Morgan fingerprint density at radius 3 is 1.36 bits per heavy atom. The number of hydrogen-bond donors (Lipinski definition) is 0. The van der Waals surface area contributed by atoms with Crippen molar-refractivity contribution < 1.29 is 38.2 Å². The molecule has 0 saturated carbocycles. The van der Waals surface area contributed by atoms with Gasteiger partial charge in [0.25, 0.3) is 0 Å². The Morgan fingerprint density at radius 1 is 0.492 bits per heavy atom. The van der Waals surface area contributed by atoms with Crippen molar-refractivity contribution in [1.29, 1.82) is 0 Å². The molecule has 0 saturated heterocycles. The van der Waals surface area contributed by atoms with Crippen molar-refractivity contribution >= 4 is 17.9 Å². The van der Waals surface area contributed by atoms with E-state index in [1.165, 1.54) is 109 Å². The molecule has 0 radical (unpaired) electrons. The highest BCUT2D eigenvalue weighted by Crippen LogP contribution is 2.14. The molecule has 0 rings (SSSR count). The highest BCUT2D eigenvalue weighted by Gasteiger charge is 2.25. The summed E-state index contributed by atoms with van der Waals surface area (Å²) in [6.07, 6.45) is 53.8. The lowest BCUT2D eigenvalue weighted by atomic mass is 10.1. The van der Waals surface area contributed by atoms with Gasteiger partial charge in [0.2, 0.25) is 0 Å². The Balaban J connectivity index is 4.33. The molecule has 8 heteroatoms. The summed E-state index contributed by atoms with van der Waals surface area (Å²) >= 11 is 0. The molecule has 0 aromatic carbocycles. The van der Waals surface area contributed by atoms with Gasteiger partial charge in [-0.15, -0.1) is 0 Å². The Kier molecular flexibility index (Phi) is 41.5. The number of nitrogens with zero attached hydrogens (tertiary/aromatic N) is 1. The fourth-order valence-electron chi connectivity index (χ4n) is 7.08. The van der Waals surface area contributed by atoms with E-state index in [0.29, 0.717) is 12.8 Å². The second kappa shape index (κ2) is 43.7. The van der Waals surface area contributed by atoms with Crippen LogP contribution in [0, 0.1) is 0 Å². The lowest BCUT2D eigenvalue weighted by molar-refractivity contribution is -0.889. The lowest BCUT2D eigenvalue weighted by Crippen LogP contribution is -2.55. The van der Waals surface area contributed by atoms with E-state index < -0.39 is 18.1 Å². The van der Waals surface area contributed by atoms with Crippen molar-refractivity contribution in [3.05, 3.63) is 60.8 Å². The van der Waals surface area contributed by atoms with Crippen LogP contribution in [0.2, 0.25) is 0 Å². The van der Waals surface area contributed by atoms with Crippen LogP contribution in [-0.4, -0.2) is 75.5 Å². The van der Waals surface area contributed by atoms with Crippen molar-refractivity contribution in [2.24, 2.45) is 0 Å². The minimum atomic E-state index is -1.13. The SMILES string of the molecule is CCCCC/C=C/C=C/C=C/C=C/CCCCCCCC(=O)OC(COCCC(C(=O)[O-])[N+](C)(C)C)COC(=O)CCCCCCCCC/C=C/CCCCCCCCCC. The van der Waals surface area contributed by atoms with Crippen molar-refractivity contribution in [2.45, 2.75) is 219 Å². The van der Waals surface area contributed by atoms with Crippen LogP contribution in [0.25, 0.3) is 0 Å². The average molecular weight is 856 g/mol. The van der Waals surface area contributed by atoms with Crippen LogP contribution < -0.4 is 5.11 Å². The number of ether oxygens (including phenoxy) is 3. The molecular formula is C53H93NO7. The predicted molar refractivity (Wildman–Crippen MR) is 254 cm³/mol. The van der Waals surface area contributed by atoms with Gasteiger partial charge in [-0.25, -0.2) is 0 Å². The largest absolute Gasteiger partial charge is 0.544 e. The first-order valence-electron chi connectivity index (χ1n) is 24.9. The molecule has 8 nitrogen and oxygen atoms in total. The van der Waals surface area contributed by atoms with Crippen LogP contribution >= 0.6 is 0 Å². The number of quaternary nitrogens is 1. The van der Waals surface area contributed by atoms with E-state index in [4.69, 9.17) is 14.2 Å². The van der Waals surface area contributed by atoms with Crippen molar-refractivity contribution in [3.63, 3.8) is 0 Å². The van der Waals surface area contributed by atoms with E-state index in [1.54, 1.807) is 21.1 Å². The molecule has 0 aliphatic heterocycles. The normalized spacial score (nSPS) is 13.4. The number of likely N-dealkylation sites (N-methyl/N-ethyl adjacent to an activating group) is 1. The molecule has 0 aliphatic carbocycles. The first kappa shape index (κ1) is 58.0. The molecule has 0 fully saturated rings. The second-order valence-corrected chi connectivity index (χ2v) is 17.8. The molecule has 0 spiro atoms. The van der Waals surface area contributed by atoms with E-state index in [1.807, 2.05) is 6.08 Å². The molecule has 2 unspecified atom stereocenters. The summed E-state index contributed by atoms with van der Waals surface area (Å²) in [4.78, 5) is 37.0. The van der Waals surface area contributed by atoms with Gasteiger partial charge in [0.1, 0.15) is 12.6 Å². The number of allylic oxidation sites excluding steroid dienone is 10. The van der Waals surface area contributed by atoms with E-state index in [9.17, 15) is 19.5 Å². The molecule has 0 aliphatic rings. The number of carboxylic acid groups (broad SMARTS) is 1. The fourth-order valence-corrected chi connectivity index (χ4v) is 7.08. The fraction of sp³-hybridized carbons (Fsp3) is 0.755. The first-order valence-corrected chi connectivity index (χ1v) is 24.9. The summed E-state index contributed by atoms with van der Waals surface area (Å²) in [5.41, 5.74) is 0. The van der Waals surface area contributed by atoms with Crippen LogP contribution in [0.4, 0.5) is 0 Å². The Bertz CT molecular complexity index is 1180. The molecule has 2 atom stereocenters. The van der Waals surface area contributed by atoms with E-state index in [2.05, 4.69) is 68.5 Å². The van der Waals surface area contributed by atoms with Gasteiger partial charge in [0, 0.05) is 19.3 Å². The summed E-state index contributed by atoms with van der Waals surface area (Å²) in [7, 11) is 5.40. The minimum absolute atomic E-state index is 0.0279. The van der Waals surface area contributed by atoms with Gasteiger partial charge < -0.3 is 28.6 Å². The maximum Gasteiger partial charge on any atom is 0.306 e. The number of hydrogen-bond acceptors (Lipinski definition) is 7. The number of esters is 2. The van der Waals surface area contributed by atoms with Gasteiger partial charge in [-0.05, 0) is 64.2 Å². The number of aliphatic carboxylic acids is 1. The van der Waals surface area contributed by atoms with Gasteiger partial charge in [-0.2, -0.15) is 0 Å². The van der Waals surface area contributed by atoms with Gasteiger partial charge in [0.15, 0.2) is 6.10 Å². The summed E-state index contributed by atoms with van der Waals surface area (Å²) in [5, 5.41) is 11.7. The molecule has 0 bridgehead atoms. The molecule has 0 aromatic rings. The maximum atomic E-state index is 12.8. The topological polar surface area (TPSA) is 102 Å². The Hall–Kier alpha value is -2.97. The standard InChI is InChI=1S/C53H93NO7/c1-6-8-10-12-14-16-18-20-22-24-26-28-29-31-33-35-37-39-41-43-51(55)60-48-49(47-59-46-45-50(53(57)58)54(3,4)5)61-52(56)44-42-40-38-36-34-32-30-27-25-23-21-19-17-15-13-11-9-7-2/h15,17,19,21,23-27,30,49-50H,6-14,16,18,20,22,28-29,31-48H2,1-5H3/b17-15+,21-19+,25-23+,26-24+,30-27+. The average Bonchev–Trinajstić information content (AvgIpc) is 3.22. The third kappa shape index (κ3) is 42.1. The van der Waals surface area contributed by atoms with Crippen LogP contribution in [-0.2, 0) is 28.6 Å². The van der Waals surface area contributed by atoms with Gasteiger partial charge >= 0.3 is 11.9 Å². The Labute approximate surface area is 375 Å². The zero-order valence-corrected chi connectivity index (χ0v) is 40.1.